The SMILES string of the molecule is COc1cc(C)ccc1C(=O)CN(C)Cc1ccc(C)o1. The van der Waals surface area contributed by atoms with Crippen molar-refractivity contribution in [3.63, 3.8) is 0 Å². The molecule has 112 valence electrons. The molecular weight excluding hydrogens is 266 g/mol. The van der Waals surface area contributed by atoms with Gasteiger partial charge in [-0.2, -0.15) is 0 Å². The van der Waals surface area contributed by atoms with Gasteiger partial charge < -0.3 is 9.15 Å². The minimum atomic E-state index is 0.0395. The van der Waals surface area contributed by atoms with E-state index in [1.807, 2.05) is 56.1 Å². The molecule has 0 bridgehead atoms. The minimum Gasteiger partial charge on any atom is -0.496 e. The fourth-order valence-corrected chi connectivity index (χ4v) is 2.25. The number of rotatable bonds is 6. The van der Waals surface area contributed by atoms with Gasteiger partial charge in [0.2, 0.25) is 0 Å². The fourth-order valence-electron chi connectivity index (χ4n) is 2.25. The van der Waals surface area contributed by atoms with Gasteiger partial charge in [-0.15, -0.1) is 0 Å². The highest BCUT2D eigenvalue weighted by Gasteiger charge is 2.15. The van der Waals surface area contributed by atoms with Crippen molar-refractivity contribution in [3.8, 4) is 5.75 Å². The van der Waals surface area contributed by atoms with Crippen LogP contribution in [0.4, 0.5) is 0 Å². The number of hydrogen-bond acceptors (Lipinski definition) is 4. The second-order valence-electron chi connectivity index (χ2n) is 5.31. The van der Waals surface area contributed by atoms with E-state index in [1.54, 1.807) is 7.11 Å². The van der Waals surface area contributed by atoms with Crippen molar-refractivity contribution in [2.75, 3.05) is 20.7 Å². The van der Waals surface area contributed by atoms with Crippen LogP contribution in [0.1, 0.15) is 27.4 Å². The molecule has 2 aromatic rings. The quantitative estimate of drug-likeness (QED) is 0.765. The number of ether oxygens (including phenoxy) is 1. The van der Waals surface area contributed by atoms with Crippen molar-refractivity contribution in [2.24, 2.45) is 0 Å². The van der Waals surface area contributed by atoms with Gasteiger partial charge in [0.15, 0.2) is 5.78 Å². The second-order valence-corrected chi connectivity index (χ2v) is 5.31. The Labute approximate surface area is 125 Å². The van der Waals surface area contributed by atoms with Gasteiger partial charge in [0.25, 0.3) is 0 Å². The van der Waals surface area contributed by atoms with Crippen molar-refractivity contribution in [2.45, 2.75) is 20.4 Å². The summed E-state index contributed by atoms with van der Waals surface area (Å²) in [5.74, 6) is 2.41. The van der Waals surface area contributed by atoms with Gasteiger partial charge in [0.05, 0.1) is 25.8 Å². The van der Waals surface area contributed by atoms with Crippen molar-refractivity contribution >= 4 is 5.78 Å². The fraction of sp³-hybridized carbons (Fsp3) is 0.353. The maximum atomic E-state index is 12.4. The predicted molar refractivity (Wildman–Crippen MR) is 81.8 cm³/mol. The number of benzene rings is 1. The van der Waals surface area contributed by atoms with Crippen LogP contribution in [0, 0.1) is 13.8 Å². The Morgan fingerprint density at radius 2 is 2.00 bits per heavy atom. The standard InChI is InChI=1S/C17H21NO3/c1-12-5-8-15(17(9-12)20-4)16(19)11-18(3)10-14-7-6-13(2)21-14/h5-9H,10-11H2,1-4H3. The monoisotopic (exact) mass is 287 g/mol. The van der Waals surface area contributed by atoms with E-state index in [1.165, 1.54) is 0 Å². The molecule has 0 N–H and O–H groups in total. The first-order valence-corrected chi connectivity index (χ1v) is 6.91. The van der Waals surface area contributed by atoms with Gasteiger partial charge in [-0.3, -0.25) is 9.69 Å². The van der Waals surface area contributed by atoms with Crippen molar-refractivity contribution in [1.29, 1.82) is 0 Å². The maximum Gasteiger partial charge on any atom is 0.180 e. The number of carbonyl (C=O) groups excluding carboxylic acids is 1. The molecule has 0 aliphatic rings. The molecule has 1 heterocycles. The summed E-state index contributed by atoms with van der Waals surface area (Å²) >= 11 is 0. The third-order valence-electron chi connectivity index (χ3n) is 3.29. The summed E-state index contributed by atoms with van der Waals surface area (Å²) in [6.45, 7) is 4.81. The summed E-state index contributed by atoms with van der Waals surface area (Å²) in [6, 6.07) is 9.48. The van der Waals surface area contributed by atoms with E-state index in [0.717, 1.165) is 17.1 Å². The van der Waals surface area contributed by atoms with Gasteiger partial charge in [-0.1, -0.05) is 6.07 Å². The topological polar surface area (TPSA) is 42.7 Å². The Balaban J connectivity index is 2.03. The third kappa shape index (κ3) is 3.95. The lowest BCUT2D eigenvalue weighted by Gasteiger charge is -2.15. The van der Waals surface area contributed by atoms with E-state index in [4.69, 9.17) is 9.15 Å². The lowest BCUT2D eigenvalue weighted by atomic mass is 10.1. The van der Waals surface area contributed by atoms with Crippen LogP contribution in [0.3, 0.4) is 0 Å². The Hall–Kier alpha value is -2.07. The number of ketones is 1. The Kier molecular flexibility index (Phi) is 4.81. The Bertz CT molecular complexity index is 631. The molecule has 4 heteroatoms. The summed E-state index contributed by atoms with van der Waals surface area (Å²) in [7, 11) is 3.48. The summed E-state index contributed by atoms with van der Waals surface area (Å²) in [5.41, 5.74) is 1.69. The number of nitrogens with zero attached hydrogens (tertiary/aromatic N) is 1. The van der Waals surface area contributed by atoms with Crippen LogP contribution < -0.4 is 4.74 Å². The number of aryl methyl sites for hydroxylation is 2. The zero-order chi connectivity index (χ0) is 15.4. The highest BCUT2D eigenvalue weighted by atomic mass is 16.5. The number of Topliss-reactive ketones (excluding diaryl/α,β-unsaturated/α-hetero) is 1. The molecule has 2 rings (SSSR count). The van der Waals surface area contributed by atoms with Crippen molar-refractivity contribution in [3.05, 3.63) is 53.0 Å². The van der Waals surface area contributed by atoms with E-state index in [-0.39, 0.29) is 5.78 Å². The van der Waals surface area contributed by atoms with E-state index in [9.17, 15) is 4.79 Å². The van der Waals surface area contributed by atoms with Crippen LogP contribution in [-0.2, 0) is 6.54 Å². The molecule has 0 unspecified atom stereocenters. The van der Waals surface area contributed by atoms with E-state index in [0.29, 0.717) is 24.4 Å². The van der Waals surface area contributed by atoms with Gasteiger partial charge in [0, 0.05) is 0 Å². The lowest BCUT2D eigenvalue weighted by molar-refractivity contribution is 0.0936. The van der Waals surface area contributed by atoms with Crippen LogP contribution in [0.2, 0.25) is 0 Å². The zero-order valence-corrected chi connectivity index (χ0v) is 13.0. The van der Waals surface area contributed by atoms with Crippen molar-refractivity contribution < 1.29 is 13.9 Å². The Morgan fingerprint density at radius 1 is 1.24 bits per heavy atom. The molecule has 21 heavy (non-hydrogen) atoms. The minimum absolute atomic E-state index is 0.0395. The Morgan fingerprint density at radius 3 is 2.62 bits per heavy atom. The lowest BCUT2D eigenvalue weighted by Crippen LogP contribution is -2.25. The number of carbonyl (C=O) groups is 1. The normalized spacial score (nSPS) is 10.9. The predicted octanol–water partition coefficient (Wildman–Crippen LogP) is 3.22. The molecule has 1 aromatic heterocycles. The number of methoxy groups -OCH3 is 1. The van der Waals surface area contributed by atoms with E-state index < -0.39 is 0 Å². The van der Waals surface area contributed by atoms with E-state index >= 15 is 0 Å². The molecule has 0 saturated carbocycles. The number of hydrogen-bond donors (Lipinski definition) is 0. The molecule has 0 atom stereocenters. The van der Waals surface area contributed by atoms with Gasteiger partial charge in [-0.05, 0) is 50.7 Å². The largest absolute Gasteiger partial charge is 0.496 e. The van der Waals surface area contributed by atoms with Crippen LogP contribution in [0.25, 0.3) is 0 Å². The molecule has 0 saturated heterocycles. The highest BCUT2D eigenvalue weighted by molar-refractivity contribution is 6.00. The number of furan rings is 1. The molecule has 0 fully saturated rings. The third-order valence-corrected chi connectivity index (χ3v) is 3.29. The molecule has 0 amide bonds. The average Bonchev–Trinajstić information content (AvgIpc) is 2.83. The van der Waals surface area contributed by atoms with Crippen molar-refractivity contribution in [1.82, 2.24) is 4.90 Å². The smallest absolute Gasteiger partial charge is 0.180 e. The molecule has 0 spiro atoms. The maximum absolute atomic E-state index is 12.4. The summed E-state index contributed by atoms with van der Waals surface area (Å²) < 4.78 is 10.8. The summed E-state index contributed by atoms with van der Waals surface area (Å²) in [5, 5.41) is 0. The van der Waals surface area contributed by atoms with Crippen LogP contribution in [-0.4, -0.2) is 31.4 Å². The second kappa shape index (κ2) is 6.59. The van der Waals surface area contributed by atoms with Crippen LogP contribution in [0.5, 0.6) is 5.75 Å². The highest BCUT2D eigenvalue weighted by Crippen LogP contribution is 2.21. The first kappa shape index (κ1) is 15.3. The number of likely N-dealkylation sites (N-methyl/N-ethyl adjacent to an activating group) is 1. The summed E-state index contributed by atoms with van der Waals surface area (Å²) in [6.07, 6.45) is 0. The van der Waals surface area contributed by atoms with Crippen LogP contribution >= 0.6 is 0 Å². The first-order valence-electron chi connectivity index (χ1n) is 6.91. The molecule has 1 aromatic carbocycles. The molecule has 0 radical (unpaired) electrons. The average molecular weight is 287 g/mol. The summed E-state index contributed by atoms with van der Waals surface area (Å²) in [4.78, 5) is 14.3. The zero-order valence-electron chi connectivity index (χ0n) is 13.0. The van der Waals surface area contributed by atoms with Gasteiger partial charge in [0.1, 0.15) is 17.3 Å². The van der Waals surface area contributed by atoms with Gasteiger partial charge >= 0.3 is 0 Å². The van der Waals surface area contributed by atoms with E-state index in [2.05, 4.69) is 0 Å². The van der Waals surface area contributed by atoms with Gasteiger partial charge in [-0.25, -0.2) is 0 Å². The molecule has 4 nitrogen and oxygen atoms in total. The first-order chi connectivity index (χ1) is 9.99. The molecular formula is C17H21NO3. The molecule has 0 aliphatic carbocycles. The molecule has 0 aliphatic heterocycles. The van der Waals surface area contributed by atoms with Crippen LogP contribution in [0.15, 0.2) is 34.7 Å².